The number of halogens is 2. The maximum absolute atomic E-state index is 13.4. The number of anilines is 3. The van der Waals surface area contributed by atoms with Crippen molar-refractivity contribution in [1.82, 2.24) is 0 Å². The maximum Gasteiger partial charge on any atom is 0.261 e. The van der Waals surface area contributed by atoms with Crippen LogP contribution < -0.4 is 16.0 Å². The normalized spacial score (nSPS) is 10.5. The number of carbonyl (C=O) groups is 3. The highest BCUT2D eigenvalue weighted by Crippen LogP contribution is 2.24. The molecular weight excluding hydrogens is 557 g/mol. The number of amides is 3. The number of rotatable bonds is 7. The van der Waals surface area contributed by atoms with Gasteiger partial charge < -0.3 is 16.0 Å². The van der Waals surface area contributed by atoms with E-state index in [9.17, 15) is 14.4 Å². The predicted molar refractivity (Wildman–Crippen MR) is 168 cm³/mol. The lowest BCUT2D eigenvalue weighted by Gasteiger charge is -2.13. The van der Waals surface area contributed by atoms with Gasteiger partial charge in [-0.3, -0.25) is 14.4 Å². The van der Waals surface area contributed by atoms with Crippen molar-refractivity contribution in [2.24, 2.45) is 0 Å². The molecular formula is C33H29Cl2N3O3. The number of carbonyl (C=O) groups excluding carboxylic acids is 3. The van der Waals surface area contributed by atoms with Gasteiger partial charge in [-0.1, -0.05) is 47.5 Å². The summed E-state index contributed by atoms with van der Waals surface area (Å²) in [5.41, 5.74) is 6.49. The average Bonchev–Trinajstić information content (AvgIpc) is 2.91. The van der Waals surface area contributed by atoms with E-state index in [0.717, 1.165) is 22.3 Å². The molecule has 0 aromatic heterocycles. The number of benzene rings is 4. The highest BCUT2D eigenvalue weighted by atomic mass is 35.5. The van der Waals surface area contributed by atoms with Crippen LogP contribution in [0.3, 0.4) is 0 Å². The summed E-state index contributed by atoms with van der Waals surface area (Å²) in [7, 11) is 0. The second-order valence-corrected chi connectivity index (χ2v) is 10.6. The highest BCUT2D eigenvalue weighted by molar-refractivity contribution is 6.37. The Balaban J connectivity index is 1.64. The Kier molecular flexibility index (Phi) is 9.28. The Morgan fingerprint density at radius 3 is 1.71 bits per heavy atom. The van der Waals surface area contributed by atoms with Gasteiger partial charge in [0.2, 0.25) is 0 Å². The van der Waals surface area contributed by atoms with Crippen LogP contribution in [0.1, 0.15) is 38.2 Å². The molecule has 4 aromatic carbocycles. The second kappa shape index (κ2) is 12.9. The molecule has 4 rings (SSSR count). The molecule has 0 atom stereocenters. The number of nitrogens with one attached hydrogen (secondary N) is 3. The average molecular weight is 587 g/mol. The Labute approximate surface area is 249 Å². The van der Waals surface area contributed by atoms with Crippen molar-refractivity contribution in [3.63, 3.8) is 0 Å². The Bertz CT molecular complexity index is 1630. The highest BCUT2D eigenvalue weighted by Gasteiger charge is 2.20. The molecule has 0 aliphatic carbocycles. The van der Waals surface area contributed by atoms with Crippen molar-refractivity contribution < 1.29 is 14.4 Å². The number of aryl methyl sites for hydroxylation is 4. The van der Waals surface area contributed by atoms with Crippen molar-refractivity contribution in [2.45, 2.75) is 27.7 Å². The van der Waals surface area contributed by atoms with Crippen molar-refractivity contribution in [1.29, 1.82) is 0 Å². The van der Waals surface area contributed by atoms with E-state index >= 15 is 0 Å². The zero-order chi connectivity index (χ0) is 29.7. The number of hydrogen-bond acceptors (Lipinski definition) is 3. The third kappa shape index (κ3) is 7.63. The van der Waals surface area contributed by atoms with Gasteiger partial charge >= 0.3 is 0 Å². The minimum Gasteiger partial charge on any atom is -0.322 e. The largest absolute Gasteiger partial charge is 0.322 e. The molecule has 0 aliphatic rings. The fraction of sp³-hybridized carbons (Fsp3) is 0.121. The molecule has 0 radical (unpaired) electrons. The predicted octanol–water partition coefficient (Wildman–Crippen LogP) is 8.14. The molecule has 8 heteroatoms. The maximum atomic E-state index is 13.4. The Morgan fingerprint density at radius 2 is 1.17 bits per heavy atom. The monoisotopic (exact) mass is 585 g/mol. The van der Waals surface area contributed by atoms with Gasteiger partial charge in [-0.15, -0.1) is 0 Å². The van der Waals surface area contributed by atoms with Crippen molar-refractivity contribution in [3.8, 4) is 0 Å². The minimum absolute atomic E-state index is 0.106. The molecule has 6 nitrogen and oxygen atoms in total. The van der Waals surface area contributed by atoms with Crippen LogP contribution in [-0.2, 0) is 9.59 Å². The van der Waals surface area contributed by atoms with Gasteiger partial charge in [-0.25, -0.2) is 0 Å². The first kappa shape index (κ1) is 29.6. The van der Waals surface area contributed by atoms with Crippen molar-refractivity contribution in [2.75, 3.05) is 16.0 Å². The zero-order valence-electron chi connectivity index (χ0n) is 23.1. The van der Waals surface area contributed by atoms with Gasteiger partial charge in [-0.2, -0.15) is 0 Å². The van der Waals surface area contributed by atoms with Crippen LogP contribution in [0.25, 0.3) is 6.08 Å². The molecule has 0 aliphatic heterocycles. The molecule has 0 saturated carbocycles. The lowest BCUT2D eigenvalue weighted by atomic mass is 10.1. The van der Waals surface area contributed by atoms with E-state index in [1.165, 1.54) is 18.2 Å². The fourth-order valence-electron chi connectivity index (χ4n) is 4.01. The molecule has 41 heavy (non-hydrogen) atoms. The standard InChI is InChI=1S/C33H29Cl2N3O3/c1-19-8-11-26(14-21(19)3)37-32(40)29(33(41)38-27-12-9-20(2)22(4)15-27)17-23-6-5-7-25(16-23)36-31(39)28-13-10-24(34)18-30(28)35/h5-18H,1-4H3,(H,36,39)(H,37,40)(H,38,41). The van der Waals surface area contributed by atoms with Crippen LogP contribution in [0.2, 0.25) is 10.0 Å². The van der Waals surface area contributed by atoms with E-state index < -0.39 is 17.7 Å². The fourth-order valence-corrected chi connectivity index (χ4v) is 4.51. The number of hydrogen-bond donors (Lipinski definition) is 3. The van der Waals surface area contributed by atoms with Crippen LogP contribution in [0.15, 0.2) is 84.4 Å². The molecule has 0 bridgehead atoms. The molecule has 208 valence electrons. The van der Waals surface area contributed by atoms with Gasteiger partial charge in [0.05, 0.1) is 10.6 Å². The van der Waals surface area contributed by atoms with Crippen LogP contribution in [0.4, 0.5) is 17.1 Å². The third-order valence-corrected chi connectivity index (χ3v) is 7.20. The van der Waals surface area contributed by atoms with Gasteiger partial charge in [0.25, 0.3) is 17.7 Å². The minimum atomic E-state index is -0.572. The van der Waals surface area contributed by atoms with E-state index in [4.69, 9.17) is 23.2 Å². The summed E-state index contributed by atoms with van der Waals surface area (Å²) in [5, 5.41) is 9.11. The summed E-state index contributed by atoms with van der Waals surface area (Å²) in [5.74, 6) is -1.57. The van der Waals surface area contributed by atoms with Gasteiger partial charge in [0, 0.05) is 22.1 Å². The quantitative estimate of drug-likeness (QED) is 0.116. The summed E-state index contributed by atoms with van der Waals surface area (Å²) in [4.78, 5) is 39.7. The molecule has 0 spiro atoms. The lowest BCUT2D eigenvalue weighted by molar-refractivity contribution is -0.118. The van der Waals surface area contributed by atoms with Crippen LogP contribution in [-0.4, -0.2) is 17.7 Å². The first-order chi connectivity index (χ1) is 19.5. The van der Waals surface area contributed by atoms with Crippen LogP contribution in [0, 0.1) is 27.7 Å². The summed E-state index contributed by atoms with van der Waals surface area (Å²) in [6.45, 7) is 7.86. The summed E-state index contributed by atoms with van der Waals surface area (Å²) < 4.78 is 0. The van der Waals surface area contributed by atoms with Gasteiger partial charge in [0.15, 0.2) is 0 Å². The summed E-state index contributed by atoms with van der Waals surface area (Å²) in [6, 6.07) is 22.5. The summed E-state index contributed by atoms with van der Waals surface area (Å²) >= 11 is 12.1. The molecule has 3 amide bonds. The Hall–Kier alpha value is -4.39. The van der Waals surface area contributed by atoms with E-state index in [2.05, 4.69) is 16.0 Å². The molecule has 0 saturated heterocycles. The smallest absolute Gasteiger partial charge is 0.261 e. The SMILES string of the molecule is Cc1ccc(NC(=O)C(=Cc2cccc(NC(=O)c3ccc(Cl)cc3Cl)c2)C(=O)Nc2ccc(C)c(C)c2)cc1C. The summed E-state index contributed by atoms with van der Waals surface area (Å²) in [6.07, 6.45) is 1.48. The van der Waals surface area contributed by atoms with E-state index in [1.54, 1.807) is 42.5 Å². The first-order valence-corrected chi connectivity index (χ1v) is 13.6. The van der Waals surface area contributed by atoms with Crippen LogP contribution >= 0.6 is 23.2 Å². The third-order valence-electron chi connectivity index (χ3n) is 6.65. The van der Waals surface area contributed by atoms with Gasteiger partial charge in [-0.05, 0) is 116 Å². The Morgan fingerprint density at radius 1 is 0.610 bits per heavy atom. The lowest BCUT2D eigenvalue weighted by Crippen LogP contribution is -2.25. The second-order valence-electron chi connectivity index (χ2n) is 9.77. The molecule has 0 heterocycles. The molecule has 0 unspecified atom stereocenters. The van der Waals surface area contributed by atoms with Crippen LogP contribution in [0.5, 0.6) is 0 Å². The topological polar surface area (TPSA) is 87.3 Å². The van der Waals surface area contributed by atoms with Crippen molar-refractivity contribution in [3.05, 3.63) is 128 Å². The first-order valence-electron chi connectivity index (χ1n) is 12.9. The van der Waals surface area contributed by atoms with E-state index in [-0.39, 0.29) is 16.2 Å². The molecule has 3 N–H and O–H groups in total. The molecule has 0 fully saturated rings. The van der Waals surface area contributed by atoms with Crippen molar-refractivity contribution >= 4 is 64.1 Å². The molecule has 4 aromatic rings. The van der Waals surface area contributed by atoms with E-state index in [0.29, 0.717) is 27.6 Å². The van der Waals surface area contributed by atoms with Gasteiger partial charge in [0.1, 0.15) is 5.57 Å². The zero-order valence-corrected chi connectivity index (χ0v) is 24.6. The van der Waals surface area contributed by atoms with E-state index in [1.807, 2.05) is 52.0 Å².